The van der Waals surface area contributed by atoms with Crippen LogP contribution in [0.5, 0.6) is 0 Å². The van der Waals surface area contributed by atoms with Crippen LogP contribution in [-0.2, 0) is 16.4 Å². The van der Waals surface area contributed by atoms with Crippen molar-refractivity contribution < 1.29 is 22.0 Å². The van der Waals surface area contributed by atoms with Crippen LogP contribution in [0.4, 0.5) is 8.78 Å². The predicted molar refractivity (Wildman–Crippen MR) is 99.5 cm³/mol. The highest BCUT2D eigenvalue weighted by molar-refractivity contribution is 7.89. The Labute approximate surface area is 161 Å². The Morgan fingerprint density at radius 2 is 1.81 bits per heavy atom. The zero-order valence-electron chi connectivity index (χ0n) is 15.0. The van der Waals surface area contributed by atoms with Gasteiger partial charge in [0.15, 0.2) is 0 Å². The van der Waals surface area contributed by atoms with Gasteiger partial charge in [-0.15, -0.1) is 11.3 Å². The van der Waals surface area contributed by atoms with Gasteiger partial charge in [0.1, 0.15) is 16.5 Å². The molecule has 0 N–H and O–H groups in total. The van der Waals surface area contributed by atoms with E-state index in [1.54, 1.807) is 4.90 Å². The second-order valence-corrected chi connectivity index (χ2v) is 9.48. The monoisotopic (exact) mass is 414 g/mol. The molecule has 1 fully saturated rings. The van der Waals surface area contributed by atoms with Gasteiger partial charge >= 0.3 is 0 Å². The fraction of sp³-hybridized carbons (Fsp3) is 0.389. The summed E-state index contributed by atoms with van der Waals surface area (Å²) >= 11 is 1.43. The maximum atomic E-state index is 13.9. The zero-order valence-corrected chi connectivity index (χ0v) is 16.7. The van der Waals surface area contributed by atoms with E-state index >= 15 is 0 Å². The van der Waals surface area contributed by atoms with E-state index in [0.717, 1.165) is 33.3 Å². The van der Waals surface area contributed by atoms with Crippen molar-refractivity contribution in [2.24, 2.45) is 0 Å². The number of piperazine rings is 1. The first kappa shape index (κ1) is 19.9. The summed E-state index contributed by atoms with van der Waals surface area (Å²) in [4.78, 5) is 15.3. The molecular formula is C18H20F2N2O3S2. The summed E-state index contributed by atoms with van der Waals surface area (Å²) < 4.78 is 53.6. The van der Waals surface area contributed by atoms with Crippen molar-refractivity contribution in [1.29, 1.82) is 0 Å². The first-order valence-corrected chi connectivity index (χ1v) is 10.8. The summed E-state index contributed by atoms with van der Waals surface area (Å²) in [7, 11) is -4.15. The fourth-order valence-corrected chi connectivity index (χ4v) is 5.66. The van der Waals surface area contributed by atoms with Gasteiger partial charge < -0.3 is 4.90 Å². The van der Waals surface area contributed by atoms with Gasteiger partial charge in [0.2, 0.25) is 10.0 Å². The summed E-state index contributed by atoms with van der Waals surface area (Å²) in [5, 5.41) is 0. The summed E-state index contributed by atoms with van der Waals surface area (Å²) in [5.74, 6) is -1.93. The number of rotatable bonds is 4. The third kappa shape index (κ3) is 3.90. The first-order chi connectivity index (χ1) is 12.7. The van der Waals surface area contributed by atoms with Crippen LogP contribution in [0.25, 0.3) is 0 Å². The molecule has 0 spiro atoms. The van der Waals surface area contributed by atoms with Crippen molar-refractivity contribution in [3.8, 4) is 0 Å². The molecule has 0 aliphatic carbocycles. The standard InChI is InChI=1S/C18H20F2N2O3S2/c1-3-13-10-16(26-12(13)2)18(23)21-6-8-22(9-7-21)27(24,25)17-11-14(19)4-5-15(17)20/h4-5,10-11H,3,6-9H2,1-2H3. The number of halogens is 2. The van der Waals surface area contributed by atoms with E-state index < -0.39 is 26.6 Å². The molecule has 1 aliphatic rings. The van der Waals surface area contributed by atoms with Gasteiger partial charge in [-0.05, 0) is 43.2 Å². The Morgan fingerprint density at radius 3 is 2.41 bits per heavy atom. The van der Waals surface area contributed by atoms with Crippen molar-refractivity contribution in [3.63, 3.8) is 0 Å². The number of carbonyl (C=O) groups excluding carboxylic acids is 1. The van der Waals surface area contributed by atoms with Crippen molar-refractivity contribution in [1.82, 2.24) is 9.21 Å². The van der Waals surface area contributed by atoms with E-state index in [1.165, 1.54) is 11.3 Å². The lowest BCUT2D eigenvalue weighted by molar-refractivity contribution is 0.0702. The molecule has 1 aromatic carbocycles. The molecule has 146 valence electrons. The summed E-state index contributed by atoms with van der Waals surface area (Å²) in [6, 6.07) is 4.24. The van der Waals surface area contributed by atoms with Crippen molar-refractivity contribution in [2.45, 2.75) is 25.2 Å². The first-order valence-electron chi connectivity index (χ1n) is 8.57. The number of benzene rings is 1. The molecule has 1 aliphatic heterocycles. The average Bonchev–Trinajstić information content (AvgIpc) is 3.04. The van der Waals surface area contributed by atoms with Crippen LogP contribution in [0, 0.1) is 18.6 Å². The largest absolute Gasteiger partial charge is 0.335 e. The van der Waals surface area contributed by atoms with Crippen molar-refractivity contribution in [2.75, 3.05) is 26.2 Å². The second-order valence-electron chi connectivity index (χ2n) is 6.32. The van der Waals surface area contributed by atoms with Crippen LogP contribution in [-0.4, -0.2) is 49.7 Å². The lowest BCUT2D eigenvalue weighted by Crippen LogP contribution is -2.50. The lowest BCUT2D eigenvalue weighted by Gasteiger charge is -2.33. The Morgan fingerprint density at radius 1 is 1.15 bits per heavy atom. The molecule has 0 unspecified atom stereocenters. The third-order valence-corrected chi connectivity index (χ3v) is 7.64. The van der Waals surface area contributed by atoms with Gasteiger partial charge in [-0.2, -0.15) is 4.31 Å². The minimum Gasteiger partial charge on any atom is -0.335 e. The molecule has 1 aromatic heterocycles. The SMILES string of the molecule is CCc1cc(C(=O)N2CCN(S(=O)(=O)c3cc(F)ccc3F)CC2)sc1C. The van der Waals surface area contributed by atoms with E-state index in [-0.39, 0.29) is 32.1 Å². The van der Waals surface area contributed by atoms with Gasteiger partial charge in [-0.3, -0.25) is 4.79 Å². The molecule has 9 heteroatoms. The van der Waals surface area contributed by atoms with Crippen LogP contribution in [0.1, 0.15) is 27.0 Å². The molecule has 1 amide bonds. The highest BCUT2D eigenvalue weighted by atomic mass is 32.2. The third-order valence-electron chi connectivity index (χ3n) is 4.65. The summed E-state index contributed by atoms with van der Waals surface area (Å²) in [6.07, 6.45) is 0.848. The zero-order chi connectivity index (χ0) is 19.8. The molecule has 27 heavy (non-hydrogen) atoms. The van der Waals surface area contributed by atoms with Gasteiger partial charge in [-0.25, -0.2) is 17.2 Å². The van der Waals surface area contributed by atoms with Crippen molar-refractivity contribution in [3.05, 3.63) is 51.2 Å². The van der Waals surface area contributed by atoms with E-state index in [2.05, 4.69) is 0 Å². The topological polar surface area (TPSA) is 57.7 Å². The lowest BCUT2D eigenvalue weighted by atomic mass is 10.2. The van der Waals surface area contributed by atoms with Gasteiger partial charge in [-0.1, -0.05) is 6.92 Å². The van der Waals surface area contributed by atoms with Crippen LogP contribution < -0.4 is 0 Å². The van der Waals surface area contributed by atoms with Crippen LogP contribution in [0.3, 0.4) is 0 Å². The quantitative estimate of drug-likeness (QED) is 0.773. The molecule has 0 bridgehead atoms. The number of amides is 1. The molecule has 0 atom stereocenters. The number of thiophene rings is 1. The van der Waals surface area contributed by atoms with Gasteiger partial charge in [0, 0.05) is 31.1 Å². The minimum absolute atomic E-state index is 0.0367. The van der Waals surface area contributed by atoms with Crippen molar-refractivity contribution >= 4 is 27.3 Å². The Kier molecular flexibility index (Phi) is 5.64. The highest BCUT2D eigenvalue weighted by Crippen LogP contribution is 2.25. The van der Waals surface area contributed by atoms with Crippen LogP contribution in [0.2, 0.25) is 0 Å². The normalized spacial score (nSPS) is 15.9. The van der Waals surface area contributed by atoms with Gasteiger partial charge in [0.25, 0.3) is 5.91 Å². The molecule has 1 saturated heterocycles. The molecule has 0 radical (unpaired) electrons. The van der Waals surface area contributed by atoms with E-state index in [9.17, 15) is 22.0 Å². The summed E-state index contributed by atoms with van der Waals surface area (Å²) in [5.41, 5.74) is 1.13. The molecule has 2 heterocycles. The molecular weight excluding hydrogens is 394 g/mol. The van der Waals surface area contributed by atoms with E-state index in [1.807, 2.05) is 19.9 Å². The maximum absolute atomic E-state index is 13.9. The average molecular weight is 414 g/mol. The minimum atomic E-state index is -4.15. The fourth-order valence-electron chi connectivity index (χ4n) is 3.08. The molecule has 2 aromatic rings. The smallest absolute Gasteiger partial charge is 0.264 e. The molecule has 5 nitrogen and oxygen atoms in total. The van der Waals surface area contributed by atoms with Gasteiger partial charge in [0.05, 0.1) is 4.88 Å². The Hall–Kier alpha value is -1.84. The van der Waals surface area contributed by atoms with E-state index in [0.29, 0.717) is 10.9 Å². The molecule has 3 rings (SSSR count). The van der Waals surface area contributed by atoms with Crippen LogP contribution in [0.15, 0.2) is 29.2 Å². The van der Waals surface area contributed by atoms with Crippen LogP contribution >= 0.6 is 11.3 Å². The number of hydrogen-bond donors (Lipinski definition) is 0. The van der Waals surface area contributed by atoms with E-state index in [4.69, 9.17) is 0 Å². The number of carbonyl (C=O) groups is 1. The predicted octanol–water partition coefficient (Wildman–Crippen LogP) is 3.04. The molecule has 0 saturated carbocycles. The highest BCUT2D eigenvalue weighted by Gasteiger charge is 2.32. The number of nitrogens with zero attached hydrogens (tertiary/aromatic N) is 2. The second kappa shape index (κ2) is 7.65. The Balaban J connectivity index is 1.72. The number of sulfonamides is 1. The maximum Gasteiger partial charge on any atom is 0.264 e. The summed E-state index contributed by atoms with van der Waals surface area (Å²) in [6.45, 7) is 4.47. The Bertz CT molecular complexity index is 965. The number of hydrogen-bond acceptors (Lipinski definition) is 4. The number of aryl methyl sites for hydroxylation is 2.